The molecule has 6 nitrogen and oxygen atoms in total. The third-order valence-electron chi connectivity index (χ3n) is 5.09. The molecule has 1 aliphatic carbocycles. The van der Waals surface area contributed by atoms with E-state index in [2.05, 4.69) is 20.1 Å². The average Bonchev–Trinajstić information content (AvgIpc) is 3.39. The Labute approximate surface area is 174 Å². The summed E-state index contributed by atoms with van der Waals surface area (Å²) in [4.78, 5) is 12.0. The van der Waals surface area contributed by atoms with Crippen molar-refractivity contribution in [3.8, 4) is 5.75 Å². The summed E-state index contributed by atoms with van der Waals surface area (Å²) in [6.07, 6.45) is 11.5. The van der Waals surface area contributed by atoms with Crippen molar-refractivity contribution in [1.82, 2.24) is 20.1 Å². The van der Waals surface area contributed by atoms with E-state index >= 15 is 0 Å². The van der Waals surface area contributed by atoms with Crippen molar-refractivity contribution < 1.29 is 13.9 Å². The Kier molecular flexibility index (Phi) is 7.69. The zero-order valence-corrected chi connectivity index (χ0v) is 17.7. The Morgan fingerprint density at radius 3 is 2.86 bits per heavy atom. The summed E-state index contributed by atoms with van der Waals surface area (Å²) in [6, 6.07) is 5.08. The number of halogens is 1. The van der Waals surface area contributed by atoms with Crippen LogP contribution in [0.3, 0.4) is 0 Å². The number of nitrogens with one attached hydrogen (secondary N) is 1. The molecule has 3 rings (SSSR count). The number of carbonyl (C=O) groups excluding carboxylic acids is 1. The lowest BCUT2D eigenvalue weighted by Crippen LogP contribution is -2.23. The predicted octanol–water partition coefficient (Wildman–Crippen LogP) is 4.03. The average molecular weight is 419 g/mol. The molecule has 1 fully saturated rings. The van der Waals surface area contributed by atoms with Crippen LogP contribution < -0.4 is 10.1 Å². The minimum absolute atomic E-state index is 0.182. The molecule has 1 saturated carbocycles. The minimum Gasteiger partial charge on any atom is -0.494 e. The van der Waals surface area contributed by atoms with Gasteiger partial charge in [-0.2, -0.15) is 0 Å². The number of hydrogen-bond acceptors (Lipinski definition) is 5. The van der Waals surface area contributed by atoms with Crippen LogP contribution in [0.1, 0.15) is 49.5 Å². The molecule has 0 atom stereocenters. The summed E-state index contributed by atoms with van der Waals surface area (Å²) in [5.41, 5.74) is 0.604. The highest BCUT2D eigenvalue weighted by molar-refractivity contribution is 7.98. The molecule has 1 amide bonds. The Morgan fingerprint density at radius 1 is 1.38 bits per heavy atom. The molecule has 2 aromatic rings. The van der Waals surface area contributed by atoms with E-state index in [1.165, 1.54) is 51.0 Å². The van der Waals surface area contributed by atoms with Gasteiger partial charge in [0.25, 0.3) is 0 Å². The molecule has 1 heterocycles. The summed E-state index contributed by atoms with van der Waals surface area (Å²) >= 11 is 1.63. The molecule has 0 saturated heterocycles. The van der Waals surface area contributed by atoms with Gasteiger partial charge in [-0.3, -0.25) is 4.79 Å². The number of aryl methyl sites for hydroxylation is 1. The van der Waals surface area contributed by atoms with Crippen LogP contribution in [0.25, 0.3) is 6.08 Å². The van der Waals surface area contributed by atoms with Crippen LogP contribution in [0.4, 0.5) is 4.39 Å². The van der Waals surface area contributed by atoms with Crippen molar-refractivity contribution >= 4 is 23.7 Å². The SMILES string of the molecule is COc1ccc(/C=C/C(=O)NCCCc2nnc(SC)n2C2CCCC2)cc1F. The molecule has 29 heavy (non-hydrogen) atoms. The van der Waals surface area contributed by atoms with Crippen LogP contribution in [-0.4, -0.2) is 40.6 Å². The minimum atomic E-state index is -0.453. The molecule has 1 aromatic heterocycles. The van der Waals surface area contributed by atoms with E-state index < -0.39 is 5.82 Å². The normalized spacial score (nSPS) is 14.6. The number of benzene rings is 1. The van der Waals surface area contributed by atoms with E-state index in [4.69, 9.17) is 4.74 Å². The van der Waals surface area contributed by atoms with Gasteiger partial charge in [-0.1, -0.05) is 30.7 Å². The van der Waals surface area contributed by atoms with Gasteiger partial charge in [-0.15, -0.1) is 10.2 Å². The van der Waals surface area contributed by atoms with Gasteiger partial charge in [-0.25, -0.2) is 4.39 Å². The number of aromatic nitrogens is 3. The van der Waals surface area contributed by atoms with Crippen molar-refractivity contribution in [3.05, 3.63) is 41.5 Å². The Hall–Kier alpha value is -2.35. The quantitative estimate of drug-likeness (QED) is 0.378. The molecular formula is C21H27FN4O2S. The van der Waals surface area contributed by atoms with Gasteiger partial charge in [0.1, 0.15) is 5.82 Å². The summed E-state index contributed by atoms with van der Waals surface area (Å²) in [6.45, 7) is 0.548. The summed E-state index contributed by atoms with van der Waals surface area (Å²) < 4.78 is 20.9. The van der Waals surface area contributed by atoms with E-state index in [0.29, 0.717) is 18.2 Å². The van der Waals surface area contributed by atoms with E-state index in [1.54, 1.807) is 23.9 Å². The van der Waals surface area contributed by atoms with Crippen molar-refractivity contribution in [2.24, 2.45) is 0 Å². The second kappa shape index (κ2) is 10.4. The highest BCUT2D eigenvalue weighted by Gasteiger charge is 2.23. The van der Waals surface area contributed by atoms with E-state index in [1.807, 2.05) is 6.26 Å². The van der Waals surface area contributed by atoms with E-state index in [9.17, 15) is 9.18 Å². The number of methoxy groups -OCH3 is 1. The molecular weight excluding hydrogens is 391 g/mol. The van der Waals surface area contributed by atoms with Crippen molar-refractivity contribution in [2.45, 2.75) is 49.7 Å². The number of amides is 1. The lowest BCUT2D eigenvalue weighted by molar-refractivity contribution is -0.116. The van der Waals surface area contributed by atoms with Gasteiger partial charge >= 0.3 is 0 Å². The highest BCUT2D eigenvalue weighted by atomic mass is 32.2. The first-order valence-electron chi connectivity index (χ1n) is 9.89. The smallest absolute Gasteiger partial charge is 0.243 e. The Bertz CT molecular complexity index is 862. The van der Waals surface area contributed by atoms with Crippen LogP contribution in [-0.2, 0) is 11.2 Å². The van der Waals surface area contributed by atoms with Gasteiger partial charge in [0.05, 0.1) is 7.11 Å². The van der Waals surface area contributed by atoms with Crippen molar-refractivity contribution in [3.63, 3.8) is 0 Å². The maximum absolute atomic E-state index is 13.7. The highest BCUT2D eigenvalue weighted by Crippen LogP contribution is 2.33. The zero-order valence-electron chi connectivity index (χ0n) is 16.9. The summed E-state index contributed by atoms with van der Waals surface area (Å²) in [7, 11) is 1.42. The van der Waals surface area contributed by atoms with Crippen LogP contribution in [0, 0.1) is 5.82 Å². The van der Waals surface area contributed by atoms with Gasteiger partial charge in [0.2, 0.25) is 5.91 Å². The maximum Gasteiger partial charge on any atom is 0.243 e. The Balaban J connectivity index is 1.47. The molecule has 1 aliphatic rings. The molecule has 0 unspecified atom stereocenters. The Morgan fingerprint density at radius 2 is 2.17 bits per heavy atom. The van der Waals surface area contributed by atoms with Crippen LogP contribution >= 0.6 is 11.8 Å². The summed E-state index contributed by atoms with van der Waals surface area (Å²) in [5.74, 6) is 0.524. The first kappa shape index (κ1) is 21.4. The number of thioether (sulfide) groups is 1. The fourth-order valence-electron chi connectivity index (χ4n) is 3.62. The monoisotopic (exact) mass is 418 g/mol. The molecule has 1 aromatic carbocycles. The van der Waals surface area contributed by atoms with Gasteiger partial charge in [-0.05, 0) is 49.3 Å². The van der Waals surface area contributed by atoms with Gasteiger partial charge < -0.3 is 14.6 Å². The number of ether oxygens (including phenoxy) is 1. The van der Waals surface area contributed by atoms with Gasteiger partial charge in [0.15, 0.2) is 16.7 Å². The second-order valence-corrected chi connectivity index (χ2v) is 7.81. The molecule has 0 spiro atoms. The zero-order chi connectivity index (χ0) is 20.6. The number of rotatable bonds is 9. The van der Waals surface area contributed by atoms with Gasteiger partial charge in [0, 0.05) is 25.1 Å². The molecule has 0 bridgehead atoms. The lowest BCUT2D eigenvalue weighted by Gasteiger charge is -2.16. The van der Waals surface area contributed by atoms with E-state index in [-0.39, 0.29) is 11.7 Å². The first-order chi connectivity index (χ1) is 14.1. The predicted molar refractivity (Wildman–Crippen MR) is 113 cm³/mol. The maximum atomic E-state index is 13.7. The molecule has 0 radical (unpaired) electrons. The number of hydrogen-bond donors (Lipinski definition) is 1. The molecule has 0 aliphatic heterocycles. The second-order valence-electron chi connectivity index (χ2n) is 7.03. The summed E-state index contributed by atoms with van der Waals surface area (Å²) in [5, 5.41) is 12.5. The third kappa shape index (κ3) is 5.59. The standard InChI is InChI=1S/C21H27FN4O2S/c1-28-18-11-9-15(14-17(18)22)10-12-20(27)23-13-5-8-19-24-25-21(29-2)26(19)16-6-3-4-7-16/h9-12,14,16H,3-8,13H2,1-2H3,(H,23,27)/b12-10+. The number of carbonyl (C=O) groups is 1. The van der Waals surface area contributed by atoms with Crippen LogP contribution in [0.15, 0.2) is 29.4 Å². The largest absolute Gasteiger partial charge is 0.494 e. The fraction of sp³-hybridized carbons (Fsp3) is 0.476. The topological polar surface area (TPSA) is 69.0 Å². The molecule has 8 heteroatoms. The van der Waals surface area contributed by atoms with E-state index in [0.717, 1.165) is 23.8 Å². The third-order valence-corrected chi connectivity index (χ3v) is 5.73. The first-order valence-corrected chi connectivity index (χ1v) is 11.1. The van der Waals surface area contributed by atoms with Crippen molar-refractivity contribution in [2.75, 3.05) is 19.9 Å². The van der Waals surface area contributed by atoms with Crippen molar-refractivity contribution in [1.29, 1.82) is 0 Å². The molecule has 156 valence electrons. The number of nitrogens with zero attached hydrogens (tertiary/aromatic N) is 3. The fourth-order valence-corrected chi connectivity index (χ4v) is 4.20. The van der Waals surface area contributed by atoms with Crippen LogP contribution in [0.2, 0.25) is 0 Å². The molecule has 1 N–H and O–H groups in total. The lowest BCUT2D eigenvalue weighted by atomic mass is 10.2. The van der Waals surface area contributed by atoms with Crippen LogP contribution in [0.5, 0.6) is 5.75 Å².